The molecule has 1 aliphatic heterocycles. The molecule has 0 aromatic heterocycles. The van der Waals surface area contributed by atoms with Crippen molar-refractivity contribution in [2.24, 2.45) is 0 Å². The van der Waals surface area contributed by atoms with E-state index in [9.17, 15) is 0 Å². The van der Waals surface area contributed by atoms with Crippen LogP contribution in [0.5, 0.6) is 0 Å². The molecule has 0 radical (unpaired) electrons. The van der Waals surface area contributed by atoms with Crippen LogP contribution < -0.4 is 5.32 Å². The molecule has 1 aromatic carbocycles. The number of nitrogens with one attached hydrogen (secondary N) is 1. The fourth-order valence-electron chi connectivity index (χ4n) is 2.69. The fraction of sp³-hybridized carbons (Fsp3) is 0.571. The Morgan fingerprint density at radius 2 is 1.74 bits per heavy atom. The third-order valence-electron chi connectivity index (χ3n) is 3.46. The quantitative estimate of drug-likeness (QED) is 0.858. The van der Waals surface area contributed by atoms with Crippen LogP contribution in [0.1, 0.15) is 5.56 Å². The van der Waals surface area contributed by atoms with Gasteiger partial charge in [-0.2, -0.15) is 0 Å². The fourth-order valence-corrected chi connectivity index (χ4v) is 5.79. The lowest BCUT2D eigenvalue weighted by molar-refractivity contribution is 0.272. The van der Waals surface area contributed by atoms with Crippen LogP contribution in [-0.4, -0.2) is 45.3 Å². The number of halogens is 2. The Kier molecular flexibility index (Phi) is 6.84. The van der Waals surface area contributed by atoms with Crippen LogP contribution in [0.4, 0.5) is 0 Å². The van der Waals surface area contributed by atoms with Gasteiger partial charge in [-0.3, -0.25) is 0 Å². The maximum atomic E-state index is 5.93. The van der Waals surface area contributed by atoms with Crippen LogP contribution >= 0.6 is 24.0 Å². The zero-order valence-corrected chi connectivity index (χ0v) is 14.4. The topological polar surface area (TPSA) is 15.3 Å². The van der Waals surface area contributed by atoms with Gasteiger partial charge in [0, 0.05) is 31.2 Å². The minimum Gasteiger partial charge on any atom is -0.314 e. The summed E-state index contributed by atoms with van der Waals surface area (Å²) in [6.07, 6.45) is 1.30. The van der Waals surface area contributed by atoms with E-state index in [1.165, 1.54) is 30.9 Å². The Morgan fingerprint density at radius 3 is 2.32 bits per heavy atom. The van der Waals surface area contributed by atoms with Crippen molar-refractivity contribution in [2.75, 3.05) is 32.3 Å². The Bertz CT molecular complexity index is 376. The molecule has 0 bridgehead atoms. The van der Waals surface area contributed by atoms with Gasteiger partial charge < -0.3 is 10.2 Å². The van der Waals surface area contributed by atoms with E-state index in [0.717, 1.165) is 18.1 Å². The van der Waals surface area contributed by atoms with Crippen LogP contribution in [-0.2, 0) is 6.04 Å². The molecule has 19 heavy (non-hydrogen) atoms. The van der Waals surface area contributed by atoms with E-state index < -0.39 is 8.07 Å². The van der Waals surface area contributed by atoms with Gasteiger partial charge in [0.05, 0.1) is 8.07 Å². The van der Waals surface area contributed by atoms with Crippen LogP contribution in [0.15, 0.2) is 24.3 Å². The third-order valence-corrected chi connectivity index (χ3v) is 6.38. The molecule has 1 aliphatic rings. The molecule has 0 spiro atoms. The van der Waals surface area contributed by atoms with Crippen LogP contribution in [0, 0.1) is 0 Å². The molecule has 0 saturated carbocycles. The highest BCUT2D eigenvalue weighted by Crippen LogP contribution is 2.16. The molecular weight excluding hydrogens is 295 g/mol. The van der Waals surface area contributed by atoms with E-state index in [-0.39, 0.29) is 12.4 Å². The van der Waals surface area contributed by atoms with E-state index >= 15 is 0 Å². The molecule has 1 aromatic rings. The normalized spacial score (nSPS) is 17.0. The van der Waals surface area contributed by atoms with Crippen LogP contribution in [0.3, 0.4) is 0 Å². The molecule has 5 heteroatoms. The highest BCUT2D eigenvalue weighted by molar-refractivity contribution is 6.77. The summed E-state index contributed by atoms with van der Waals surface area (Å²) in [5, 5.41) is 4.25. The maximum Gasteiger partial charge on any atom is 0.0672 e. The van der Waals surface area contributed by atoms with Gasteiger partial charge in [-0.1, -0.05) is 42.4 Å². The Hall–Kier alpha value is -0.0631. The van der Waals surface area contributed by atoms with Gasteiger partial charge in [-0.05, 0) is 24.3 Å². The van der Waals surface area contributed by atoms with Gasteiger partial charge in [-0.25, -0.2) is 0 Å². The van der Waals surface area contributed by atoms with Gasteiger partial charge in [-0.15, -0.1) is 12.4 Å². The second-order valence-corrected chi connectivity index (χ2v) is 11.4. The molecule has 1 N–H and O–H groups in total. The smallest absolute Gasteiger partial charge is 0.0672 e. The molecule has 0 unspecified atom stereocenters. The first-order chi connectivity index (χ1) is 8.55. The third kappa shape index (κ3) is 5.84. The first kappa shape index (κ1) is 17.0. The summed E-state index contributed by atoms with van der Waals surface area (Å²) in [5.41, 5.74) is 1.44. The number of piperazine rings is 1. The van der Waals surface area contributed by atoms with Crippen molar-refractivity contribution in [1.82, 2.24) is 10.2 Å². The lowest BCUT2D eigenvalue weighted by Crippen LogP contribution is -2.51. The molecule has 1 saturated heterocycles. The first-order valence-corrected chi connectivity index (χ1v) is 10.5. The molecule has 0 atom stereocenters. The number of rotatable bonds is 4. The van der Waals surface area contributed by atoms with Gasteiger partial charge in [0.1, 0.15) is 0 Å². The van der Waals surface area contributed by atoms with Crippen molar-refractivity contribution in [1.29, 1.82) is 0 Å². The maximum absolute atomic E-state index is 5.93. The predicted molar refractivity (Wildman–Crippen MR) is 89.2 cm³/mol. The van der Waals surface area contributed by atoms with E-state index in [4.69, 9.17) is 11.6 Å². The Morgan fingerprint density at radius 1 is 1.16 bits per heavy atom. The van der Waals surface area contributed by atoms with E-state index in [1.807, 2.05) is 12.1 Å². The van der Waals surface area contributed by atoms with Gasteiger partial charge in [0.25, 0.3) is 0 Å². The largest absolute Gasteiger partial charge is 0.314 e. The number of hydrogen-bond donors (Lipinski definition) is 1. The summed E-state index contributed by atoms with van der Waals surface area (Å²) >= 11 is 5.93. The van der Waals surface area contributed by atoms with Gasteiger partial charge in [0.2, 0.25) is 0 Å². The second kappa shape index (κ2) is 7.65. The van der Waals surface area contributed by atoms with Crippen LogP contribution in [0.2, 0.25) is 18.1 Å². The van der Waals surface area contributed by atoms with Crippen LogP contribution in [0.25, 0.3) is 0 Å². The highest BCUT2D eigenvalue weighted by atomic mass is 35.5. The molecule has 1 fully saturated rings. The van der Waals surface area contributed by atoms with Crippen molar-refractivity contribution < 1.29 is 0 Å². The van der Waals surface area contributed by atoms with Crippen molar-refractivity contribution in [3.05, 3.63) is 34.9 Å². The lowest BCUT2D eigenvalue weighted by atomic mass is 10.2. The molecule has 2 rings (SSSR count). The average Bonchev–Trinajstić information content (AvgIpc) is 2.32. The van der Waals surface area contributed by atoms with Crippen molar-refractivity contribution in [2.45, 2.75) is 19.1 Å². The Labute approximate surface area is 128 Å². The lowest BCUT2D eigenvalue weighted by Gasteiger charge is -2.34. The predicted octanol–water partition coefficient (Wildman–Crippen LogP) is 3.00. The monoisotopic (exact) mass is 318 g/mol. The summed E-state index contributed by atoms with van der Waals surface area (Å²) in [6, 6.07) is 9.61. The molecule has 1 heterocycles. The molecule has 2 nitrogen and oxygen atoms in total. The minimum absolute atomic E-state index is 0. The van der Waals surface area contributed by atoms with E-state index in [2.05, 4.69) is 35.4 Å². The summed E-state index contributed by atoms with van der Waals surface area (Å²) in [7, 11) is -1.19. The number of nitrogens with zero attached hydrogens (tertiary/aromatic N) is 1. The summed E-state index contributed by atoms with van der Waals surface area (Å²) < 4.78 is 0. The van der Waals surface area contributed by atoms with E-state index in [1.54, 1.807) is 0 Å². The number of hydrogen-bond acceptors (Lipinski definition) is 2. The summed E-state index contributed by atoms with van der Waals surface area (Å²) in [6.45, 7) is 9.68. The van der Waals surface area contributed by atoms with Gasteiger partial charge >= 0.3 is 0 Å². The van der Waals surface area contributed by atoms with Gasteiger partial charge in [0.15, 0.2) is 0 Å². The number of benzene rings is 1. The van der Waals surface area contributed by atoms with Crippen molar-refractivity contribution in [3.63, 3.8) is 0 Å². The molecule has 108 valence electrons. The standard InChI is InChI=1S/C14H23ClN2Si.ClH/c1-18(2,12-17-9-7-16-8-10-17)11-13-3-5-14(15)6-4-13;/h3-6,16H,7-12H2,1-2H3;1H. The highest BCUT2D eigenvalue weighted by Gasteiger charge is 2.25. The minimum atomic E-state index is -1.19. The SMILES string of the molecule is C[Si](C)(Cc1ccc(Cl)cc1)CN1CCNCC1.Cl. The zero-order chi connectivity index (χ0) is 13.0. The average molecular weight is 319 g/mol. The zero-order valence-electron chi connectivity index (χ0n) is 11.8. The van der Waals surface area contributed by atoms with Crippen molar-refractivity contribution in [3.8, 4) is 0 Å². The van der Waals surface area contributed by atoms with E-state index in [0.29, 0.717) is 0 Å². The second-order valence-electron chi connectivity index (χ2n) is 5.99. The molecule has 0 amide bonds. The Balaban J connectivity index is 0.00000180. The molecule has 0 aliphatic carbocycles. The molecular formula is C14H24Cl2N2Si. The van der Waals surface area contributed by atoms with Crippen molar-refractivity contribution >= 4 is 32.1 Å². The first-order valence-electron chi connectivity index (χ1n) is 6.73. The summed E-state index contributed by atoms with van der Waals surface area (Å²) in [4.78, 5) is 2.62. The summed E-state index contributed by atoms with van der Waals surface area (Å²) in [5.74, 6) is 0.